The maximum absolute atomic E-state index is 4.90. The van der Waals surface area contributed by atoms with Gasteiger partial charge in [-0.05, 0) is 66.7 Å². The number of aromatic nitrogens is 4. The molecule has 4 nitrogen and oxygen atoms in total. The predicted molar refractivity (Wildman–Crippen MR) is 187 cm³/mol. The van der Waals surface area contributed by atoms with Crippen molar-refractivity contribution in [1.29, 1.82) is 0 Å². The Morgan fingerprint density at radius 3 is 1.49 bits per heavy atom. The molecule has 0 unspecified atom stereocenters. The van der Waals surface area contributed by atoms with Crippen LogP contribution in [0.15, 0.2) is 158 Å². The third kappa shape index (κ3) is 3.34. The van der Waals surface area contributed by atoms with E-state index in [4.69, 9.17) is 4.98 Å². The third-order valence-corrected chi connectivity index (χ3v) is 9.26. The number of hydrogen-bond acceptors (Lipinski definition) is 1. The number of fused-ring (bicyclic) bond motifs is 10. The quantitative estimate of drug-likeness (QED) is 0.206. The standard InChI is InChI=1S/C41H26N4/c1-3-12-27(13-4-1)43-37-24-21-29(26-34(37)39-38(43)20-11-25-42-39)45-36-19-10-8-17-31(36)33-23-22-32-30-16-7-9-18-35(30)44(40(32)41(33)45)28-14-5-2-6-15-28/h1-26H. The lowest BCUT2D eigenvalue weighted by atomic mass is 10.1. The monoisotopic (exact) mass is 574 g/mol. The largest absolute Gasteiger partial charge is 0.308 e. The van der Waals surface area contributed by atoms with Crippen molar-refractivity contribution >= 4 is 65.5 Å². The second kappa shape index (κ2) is 9.18. The molecule has 0 saturated carbocycles. The summed E-state index contributed by atoms with van der Waals surface area (Å²) in [6.45, 7) is 0. The van der Waals surface area contributed by atoms with Crippen LogP contribution in [0.25, 0.3) is 82.6 Å². The molecule has 0 saturated heterocycles. The highest BCUT2D eigenvalue weighted by Crippen LogP contribution is 2.42. The van der Waals surface area contributed by atoms with Crippen LogP contribution >= 0.6 is 0 Å². The minimum absolute atomic E-state index is 1.00. The zero-order valence-electron chi connectivity index (χ0n) is 24.3. The summed E-state index contributed by atoms with van der Waals surface area (Å²) in [5, 5.41) is 6.11. The molecule has 0 N–H and O–H groups in total. The first-order valence-electron chi connectivity index (χ1n) is 15.3. The van der Waals surface area contributed by atoms with Crippen LogP contribution in [0, 0.1) is 0 Å². The maximum Gasteiger partial charge on any atom is 0.0964 e. The summed E-state index contributed by atoms with van der Waals surface area (Å²) in [7, 11) is 0. The van der Waals surface area contributed by atoms with Crippen LogP contribution in [0.5, 0.6) is 0 Å². The van der Waals surface area contributed by atoms with Crippen molar-refractivity contribution in [3.05, 3.63) is 158 Å². The van der Waals surface area contributed by atoms with E-state index in [2.05, 4.69) is 159 Å². The summed E-state index contributed by atoms with van der Waals surface area (Å²) in [4.78, 5) is 4.90. The van der Waals surface area contributed by atoms with Crippen molar-refractivity contribution in [3.63, 3.8) is 0 Å². The van der Waals surface area contributed by atoms with Gasteiger partial charge < -0.3 is 13.7 Å². The molecule has 4 heterocycles. The van der Waals surface area contributed by atoms with Gasteiger partial charge in [-0.2, -0.15) is 0 Å². The molecule has 4 heteroatoms. The third-order valence-electron chi connectivity index (χ3n) is 9.26. The van der Waals surface area contributed by atoms with Crippen molar-refractivity contribution in [2.75, 3.05) is 0 Å². The molecule has 10 aromatic rings. The van der Waals surface area contributed by atoms with E-state index in [0.717, 1.165) is 39.0 Å². The Bertz CT molecular complexity index is 2750. The molecule has 0 fully saturated rings. The summed E-state index contributed by atoms with van der Waals surface area (Å²) in [6, 6.07) is 54.4. The van der Waals surface area contributed by atoms with Gasteiger partial charge in [0.15, 0.2) is 0 Å². The Kier molecular flexibility index (Phi) is 4.96. The first kappa shape index (κ1) is 24.3. The highest BCUT2D eigenvalue weighted by molar-refractivity contribution is 6.24. The molecule has 0 bridgehead atoms. The summed E-state index contributed by atoms with van der Waals surface area (Å²) in [5.41, 5.74) is 11.4. The van der Waals surface area contributed by atoms with Gasteiger partial charge in [0.25, 0.3) is 0 Å². The zero-order chi connectivity index (χ0) is 29.5. The molecule has 6 aromatic carbocycles. The highest BCUT2D eigenvalue weighted by Gasteiger charge is 2.22. The minimum atomic E-state index is 1.00. The van der Waals surface area contributed by atoms with Gasteiger partial charge in [-0.3, -0.25) is 4.98 Å². The summed E-state index contributed by atoms with van der Waals surface area (Å²) >= 11 is 0. The molecule has 0 spiro atoms. The summed E-state index contributed by atoms with van der Waals surface area (Å²) < 4.78 is 7.21. The van der Waals surface area contributed by atoms with E-state index < -0.39 is 0 Å². The fourth-order valence-corrected chi connectivity index (χ4v) is 7.43. The number of rotatable bonds is 3. The molecule has 0 atom stereocenters. The minimum Gasteiger partial charge on any atom is -0.308 e. The molecule has 45 heavy (non-hydrogen) atoms. The first-order chi connectivity index (χ1) is 22.4. The van der Waals surface area contributed by atoms with E-state index in [0.29, 0.717) is 0 Å². The zero-order valence-corrected chi connectivity index (χ0v) is 24.3. The number of nitrogens with zero attached hydrogens (tertiary/aromatic N) is 4. The van der Waals surface area contributed by atoms with E-state index in [-0.39, 0.29) is 0 Å². The van der Waals surface area contributed by atoms with Crippen molar-refractivity contribution < 1.29 is 0 Å². The van der Waals surface area contributed by atoms with Crippen molar-refractivity contribution in [2.24, 2.45) is 0 Å². The Morgan fingerprint density at radius 2 is 0.844 bits per heavy atom. The average Bonchev–Trinajstić information content (AvgIpc) is 3.74. The van der Waals surface area contributed by atoms with Crippen LogP contribution in [0.4, 0.5) is 0 Å². The Morgan fingerprint density at radius 1 is 0.333 bits per heavy atom. The van der Waals surface area contributed by atoms with Crippen LogP contribution in [0.2, 0.25) is 0 Å². The molecular formula is C41H26N4. The van der Waals surface area contributed by atoms with Crippen molar-refractivity contribution in [1.82, 2.24) is 18.7 Å². The average molecular weight is 575 g/mol. The fourth-order valence-electron chi connectivity index (χ4n) is 7.43. The highest BCUT2D eigenvalue weighted by atomic mass is 15.0. The van der Waals surface area contributed by atoms with Crippen molar-refractivity contribution in [2.45, 2.75) is 0 Å². The molecule has 0 aliphatic heterocycles. The molecule has 10 rings (SSSR count). The van der Waals surface area contributed by atoms with Gasteiger partial charge in [0.2, 0.25) is 0 Å². The van der Waals surface area contributed by atoms with Crippen LogP contribution in [-0.4, -0.2) is 18.7 Å². The summed E-state index contributed by atoms with van der Waals surface area (Å²) in [6.07, 6.45) is 1.89. The SMILES string of the molecule is c1ccc(-n2c3ccc(-n4c5ccccc5c5ccc6c7ccccc7n(-c7ccccc7)c6c54)cc3c3ncccc32)cc1. The normalized spacial score (nSPS) is 12.0. The molecular weight excluding hydrogens is 548 g/mol. The lowest BCUT2D eigenvalue weighted by molar-refractivity contribution is 1.15. The van der Waals surface area contributed by atoms with Crippen LogP contribution < -0.4 is 0 Å². The molecule has 0 amide bonds. The van der Waals surface area contributed by atoms with Gasteiger partial charge in [0.1, 0.15) is 0 Å². The van der Waals surface area contributed by atoms with Gasteiger partial charge in [-0.25, -0.2) is 0 Å². The van der Waals surface area contributed by atoms with Gasteiger partial charge in [0, 0.05) is 50.2 Å². The van der Waals surface area contributed by atoms with E-state index >= 15 is 0 Å². The van der Waals surface area contributed by atoms with Gasteiger partial charge >= 0.3 is 0 Å². The topological polar surface area (TPSA) is 27.7 Å². The lowest BCUT2D eigenvalue weighted by Gasteiger charge is -2.13. The van der Waals surface area contributed by atoms with E-state index in [1.54, 1.807) is 0 Å². The Hall–Kier alpha value is -6.13. The van der Waals surface area contributed by atoms with Crippen LogP contribution in [-0.2, 0) is 0 Å². The second-order valence-corrected chi connectivity index (χ2v) is 11.6. The maximum atomic E-state index is 4.90. The Balaban J connectivity index is 1.38. The molecule has 4 aromatic heterocycles. The van der Waals surface area contributed by atoms with Gasteiger partial charge in [-0.1, -0.05) is 84.9 Å². The van der Waals surface area contributed by atoms with E-state index in [9.17, 15) is 0 Å². The molecule has 0 aliphatic carbocycles. The first-order valence-corrected chi connectivity index (χ1v) is 15.3. The smallest absolute Gasteiger partial charge is 0.0964 e. The van der Waals surface area contributed by atoms with Crippen LogP contribution in [0.1, 0.15) is 0 Å². The number of benzene rings is 6. The summed E-state index contributed by atoms with van der Waals surface area (Å²) in [5.74, 6) is 0. The lowest BCUT2D eigenvalue weighted by Crippen LogP contribution is -1.99. The molecule has 0 radical (unpaired) electrons. The number of hydrogen-bond donors (Lipinski definition) is 0. The van der Waals surface area contributed by atoms with Gasteiger partial charge in [0.05, 0.1) is 38.6 Å². The van der Waals surface area contributed by atoms with E-state index in [1.807, 2.05) is 12.3 Å². The fraction of sp³-hybridized carbons (Fsp3) is 0. The number of pyridine rings is 1. The van der Waals surface area contributed by atoms with Crippen LogP contribution in [0.3, 0.4) is 0 Å². The Labute approximate surface area is 258 Å². The molecule has 210 valence electrons. The van der Waals surface area contributed by atoms with E-state index in [1.165, 1.54) is 43.6 Å². The molecule has 0 aliphatic rings. The van der Waals surface area contributed by atoms with Crippen molar-refractivity contribution in [3.8, 4) is 17.1 Å². The predicted octanol–water partition coefficient (Wildman–Crippen LogP) is 10.4. The van der Waals surface area contributed by atoms with Gasteiger partial charge in [-0.15, -0.1) is 0 Å². The second-order valence-electron chi connectivity index (χ2n) is 11.6. The number of para-hydroxylation sites is 4.